The molecule has 0 saturated heterocycles. The van der Waals surface area contributed by atoms with Gasteiger partial charge in [-0.15, -0.1) is 0 Å². The second-order valence-electron chi connectivity index (χ2n) is 2.73. The lowest BCUT2D eigenvalue weighted by molar-refractivity contribution is -0.368. The summed E-state index contributed by atoms with van der Waals surface area (Å²) in [7, 11) is 1.65. The summed E-state index contributed by atoms with van der Waals surface area (Å²) in [5.74, 6) is 1.68. The van der Waals surface area contributed by atoms with Gasteiger partial charge in [0.1, 0.15) is 11.5 Å². The fourth-order valence-electron chi connectivity index (χ4n) is 0.983. The first kappa shape index (κ1) is 9.86. The molecule has 0 amide bonds. The maximum Gasteiger partial charge on any atom is 0.122 e. The van der Waals surface area contributed by atoms with Gasteiger partial charge in [-0.2, -0.15) is 0 Å². The first-order valence-electron chi connectivity index (χ1n) is 4.43. The van der Waals surface area contributed by atoms with Crippen molar-refractivity contribution in [3.05, 3.63) is 24.3 Å². The molecule has 0 aromatic heterocycles. The highest BCUT2D eigenvalue weighted by Gasteiger charge is 1.95. The average Bonchev–Trinajstić information content (AvgIpc) is 2.19. The number of hydrogen-bond donors (Lipinski definition) is 1. The molecule has 72 valence electrons. The molecule has 1 aromatic carbocycles. The van der Waals surface area contributed by atoms with Gasteiger partial charge in [0, 0.05) is 12.5 Å². The summed E-state index contributed by atoms with van der Waals surface area (Å²) < 4.78 is 10.5. The van der Waals surface area contributed by atoms with Gasteiger partial charge in [-0.05, 0) is 12.1 Å². The van der Waals surface area contributed by atoms with E-state index in [2.05, 4.69) is 5.73 Å². The van der Waals surface area contributed by atoms with Gasteiger partial charge in [-0.3, -0.25) is 0 Å². The van der Waals surface area contributed by atoms with E-state index in [1.165, 1.54) is 0 Å². The van der Waals surface area contributed by atoms with E-state index >= 15 is 0 Å². The lowest BCUT2D eigenvalue weighted by Crippen LogP contribution is -2.50. The smallest absolute Gasteiger partial charge is 0.122 e. The summed E-state index contributed by atoms with van der Waals surface area (Å²) in [6, 6.07) is 7.61. The fourth-order valence-corrected chi connectivity index (χ4v) is 0.983. The van der Waals surface area contributed by atoms with Gasteiger partial charge in [0.25, 0.3) is 0 Å². The molecule has 0 aliphatic heterocycles. The summed E-state index contributed by atoms with van der Waals surface area (Å²) in [6.45, 7) is 1.63. The molecule has 3 nitrogen and oxygen atoms in total. The van der Waals surface area contributed by atoms with Gasteiger partial charge in [0.15, 0.2) is 0 Å². The van der Waals surface area contributed by atoms with Crippen LogP contribution in [0.2, 0.25) is 0 Å². The quantitative estimate of drug-likeness (QED) is 0.681. The second kappa shape index (κ2) is 5.43. The van der Waals surface area contributed by atoms with Crippen LogP contribution in [0.4, 0.5) is 0 Å². The van der Waals surface area contributed by atoms with E-state index < -0.39 is 0 Å². The zero-order chi connectivity index (χ0) is 9.52. The van der Waals surface area contributed by atoms with E-state index in [0.29, 0.717) is 0 Å². The van der Waals surface area contributed by atoms with Crippen LogP contribution in [-0.4, -0.2) is 20.3 Å². The predicted molar refractivity (Wildman–Crippen MR) is 50.9 cm³/mol. The predicted octanol–water partition coefficient (Wildman–Crippen LogP) is 0.706. The van der Waals surface area contributed by atoms with Crippen LogP contribution >= 0.6 is 0 Å². The normalized spacial score (nSPS) is 9.69. The SMILES string of the molecule is COc1cccc(OCCC[NH3+])c1. The van der Waals surface area contributed by atoms with E-state index in [-0.39, 0.29) is 0 Å². The molecule has 3 N–H and O–H groups in total. The molecule has 0 spiro atoms. The third-order valence-electron chi connectivity index (χ3n) is 1.70. The molecular weight excluding hydrogens is 166 g/mol. The molecular formula is C10H16NO2+. The molecule has 0 bridgehead atoms. The zero-order valence-corrected chi connectivity index (χ0v) is 7.95. The largest absolute Gasteiger partial charge is 0.497 e. The molecule has 1 rings (SSSR count). The Morgan fingerprint density at radius 1 is 1.31 bits per heavy atom. The van der Waals surface area contributed by atoms with Crippen molar-refractivity contribution < 1.29 is 15.2 Å². The Labute approximate surface area is 78.5 Å². The van der Waals surface area contributed by atoms with E-state index in [1.807, 2.05) is 24.3 Å². The third kappa shape index (κ3) is 3.34. The Morgan fingerprint density at radius 3 is 2.77 bits per heavy atom. The van der Waals surface area contributed by atoms with Gasteiger partial charge < -0.3 is 15.2 Å². The molecule has 0 saturated carbocycles. The Morgan fingerprint density at radius 2 is 2.08 bits per heavy atom. The minimum Gasteiger partial charge on any atom is -0.497 e. The molecule has 3 heteroatoms. The zero-order valence-electron chi connectivity index (χ0n) is 7.95. The van der Waals surface area contributed by atoms with Gasteiger partial charge in [0.05, 0.1) is 20.3 Å². The van der Waals surface area contributed by atoms with Crippen molar-refractivity contribution in [2.45, 2.75) is 6.42 Å². The van der Waals surface area contributed by atoms with Crippen LogP contribution in [0.15, 0.2) is 24.3 Å². The van der Waals surface area contributed by atoms with Crippen LogP contribution < -0.4 is 15.2 Å². The minimum atomic E-state index is 0.719. The lowest BCUT2D eigenvalue weighted by Gasteiger charge is -2.05. The highest BCUT2D eigenvalue weighted by molar-refractivity contribution is 5.32. The number of methoxy groups -OCH3 is 1. The Hall–Kier alpha value is -1.22. The third-order valence-corrected chi connectivity index (χ3v) is 1.70. The number of benzene rings is 1. The Kier molecular flexibility index (Phi) is 4.12. The first-order chi connectivity index (χ1) is 6.36. The van der Waals surface area contributed by atoms with Crippen molar-refractivity contribution in [3.63, 3.8) is 0 Å². The molecule has 0 heterocycles. The number of quaternary nitrogens is 1. The van der Waals surface area contributed by atoms with E-state index in [0.717, 1.165) is 31.1 Å². The van der Waals surface area contributed by atoms with Crippen molar-refractivity contribution in [1.82, 2.24) is 0 Å². The van der Waals surface area contributed by atoms with Gasteiger partial charge in [0.2, 0.25) is 0 Å². The number of hydrogen-bond acceptors (Lipinski definition) is 2. The highest BCUT2D eigenvalue weighted by Crippen LogP contribution is 2.18. The van der Waals surface area contributed by atoms with Crippen LogP contribution in [0.25, 0.3) is 0 Å². The van der Waals surface area contributed by atoms with Crippen LogP contribution in [-0.2, 0) is 0 Å². The molecule has 0 unspecified atom stereocenters. The molecule has 0 radical (unpaired) electrons. The lowest BCUT2D eigenvalue weighted by atomic mass is 10.3. The molecule has 13 heavy (non-hydrogen) atoms. The first-order valence-corrected chi connectivity index (χ1v) is 4.43. The van der Waals surface area contributed by atoms with Crippen molar-refractivity contribution >= 4 is 0 Å². The standard InChI is InChI=1S/C10H15NO2/c1-12-9-4-2-5-10(8-9)13-7-3-6-11/h2,4-5,8H,3,6-7,11H2,1H3/p+1. The highest BCUT2D eigenvalue weighted by atomic mass is 16.5. The summed E-state index contributed by atoms with van der Waals surface area (Å²) in [5, 5.41) is 0. The Balaban J connectivity index is 2.46. The second-order valence-corrected chi connectivity index (χ2v) is 2.73. The van der Waals surface area contributed by atoms with Crippen LogP contribution in [0.3, 0.4) is 0 Å². The van der Waals surface area contributed by atoms with Crippen LogP contribution in [0, 0.1) is 0 Å². The fraction of sp³-hybridized carbons (Fsp3) is 0.400. The summed E-state index contributed by atoms with van der Waals surface area (Å²) >= 11 is 0. The van der Waals surface area contributed by atoms with Crippen molar-refractivity contribution in [2.75, 3.05) is 20.3 Å². The van der Waals surface area contributed by atoms with Gasteiger partial charge in [-0.25, -0.2) is 0 Å². The summed E-state index contributed by atoms with van der Waals surface area (Å²) in [6.07, 6.45) is 0.983. The average molecular weight is 182 g/mol. The molecule has 0 aliphatic rings. The minimum absolute atomic E-state index is 0.719. The molecule has 1 aromatic rings. The number of rotatable bonds is 5. The van der Waals surface area contributed by atoms with Crippen LogP contribution in [0.1, 0.15) is 6.42 Å². The molecule has 0 fully saturated rings. The van der Waals surface area contributed by atoms with Crippen LogP contribution in [0.5, 0.6) is 11.5 Å². The van der Waals surface area contributed by atoms with E-state index in [4.69, 9.17) is 9.47 Å². The summed E-state index contributed by atoms with van der Waals surface area (Å²) in [5.41, 5.74) is 3.75. The molecule has 0 atom stereocenters. The summed E-state index contributed by atoms with van der Waals surface area (Å²) in [4.78, 5) is 0. The van der Waals surface area contributed by atoms with Gasteiger partial charge in [-0.1, -0.05) is 6.07 Å². The van der Waals surface area contributed by atoms with E-state index in [1.54, 1.807) is 7.11 Å². The Bertz CT molecular complexity index is 250. The maximum atomic E-state index is 5.47. The maximum absolute atomic E-state index is 5.47. The van der Waals surface area contributed by atoms with E-state index in [9.17, 15) is 0 Å². The van der Waals surface area contributed by atoms with Gasteiger partial charge >= 0.3 is 0 Å². The topological polar surface area (TPSA) is 46.1 Å². The number of ether oxygens (including phenoxy) is 2. The van der Waals surface area contributed by atoms with Crippen molar-refractivity contribution in [2.24, 2.45) is 0 Å². The van der Waals surface area contributed by atoms with Crippen molar-refractivity contribution in [1.29, 1.82) is 0 Å². The molecule has 0 aliphatic carbocycles. The monoisotopic (exact) mass is 182 g/mol. The van der Waals surface area contributed by atoms with Crippen molar-refractivity contribution in [3.8, 4) is 11.5 Å².